The number of hydrogen-bond acceptors (Lipinski definition) is 4. The lowest BCUT2D eigenvalue weighted by atomic mass is 9.86. The standard InChI is InChI=1S/C25H21N3O2S/c1-28-23-22(24(30)27-25(28)31-15-16-7-3-2-4-8-16)20(14-21(29)26-23)19-12-11-17-9-5-6-10-18(17)13-19/h2-13,20H,14-15H2,1H3,(H,26,29). The van der Waals surface area contributed by atoms with E-state index in [9.17, 15) is 9.59 Å². The van der Waals surface area contributed by atoms with E-state index in [0.29, 0.717) is 22.3 Å². The molecule has 1 atom stereocenters. The summed E-state index contributed by atoms with van der Waals surface area (Å²) in [7, 11) is 1.85. The van der Waals surface area contributed by atoms with E-state index in [1.54, 1.807) is 0 Å². The number of carbonyl (C=O) groups is 1. The number of thioether (sulfide) groups is 1. The number of benzene rings is 3. The molecule has 1 N–H and O–H groups in total. The van der Waals surface area contributed by atoms with Gasteiger partial charge in [-0.3, -0.25) is 9.59 Å². The van der Waals surface area contributed by atoms with Crippen LogP contribution in [0, 0.1) is 0 Å². The van der Waals surface area contributed by atoms with E-state index in [2.05, 4.69) is 22.4 Å². The highest BCUT2D eigenvalue weighted by Crippen LogP contribution is 2.37. The summed E-state index contributed by atoms with van der Waals surface area (Å²) in [6.07, 6.45) is 0.235. The molecule has 6 heteroatoms. The number of fused-ring (bicyclic) bond motifs is 2. The fourth-order valence-electron chi connectivity index (χ4n) is 4.10. The molecule has 3 aromatic carbocycles. The SMILES string of the molecule is Cn1c(SCc2ccccc2)nc(=O)c2c1NC(=O)CC2c1ccc2ccccc2c1. The van der Waals surface area contributed by atoms with Crippen molar-refractivity contribution in [3.8, 4) is 0 Å². The molecule has 0 radical (unpaired) electrons. The summed E-state index contributed by atoms with van der Waals surface area (Å²) in [5.74, 6) is 0.839. The second-order valence-electron chi connectivity index (χ2n) is 7.71. The Morgan fingerprint density at radius 3 is 2.55 bits per heavy atom. The fraction of sp³-hybridized carbons (Fsp3) is 0.160. The number of anilines is 1. The van der Waals surface area contributed by atoms with E-state index in [-0.39, 0.29) is 23.8 Å². The molecule has 154 valence electrons. The zero-order valence-electron chi connectivity index (χ0n) is 17.0. The summed E-state index contributed by atoms with van der Waals surface area (Å²) in [5.41, 5.74) is 2.39. The zero-order valence-corrected chi connectivity index (χ0v) is 17.9. The molecule has 1 aliphatic rings. The quantitative estimate of drug-likeness (QED) is 0.379. The zero-order chi connectivity index (χ0) is 21.4. The van der Waals surface area contributed by atoms with Crippen molar-refractivity contribution < 1.29 is 4.79 Å². The molecule has 0 saturated carbocycles. The van der Waals surface area contributed by atoms with Crippen molar-refractivity contribution in [2.24, 2.45) is 7.05 Å². The summed E-state index contributed by atoms with van der Waals surface area (Å²) >= 11 is 1.49. The van der Waals surface area contributed by atoms with Gasteiger partial charge >= 0.3 is 0 Å². The molecule has 0 aliphatic carbocycles. The largest absolute Gasteiger partial charge is 0.312 e. The van der Waals surface area contributed by atoms with Crippen LogP contribution in [0.1, 0.15) is 29.0 Å². The minimum absolute atomic E-state index is 0.0918. The Morgan fingerprint density at radius 2 is 1.74 bits per heavy atom. The maximum absolute atomic E-state index is 13.1. The highest BCUT2D eigenvalue weighted by atomic mass is 32.2. The number of rotatable bonds is 4. The Kier molecular flexibility index (Phi) is 5.08. The molecule has 31 heavy (non-hydrogen) atoms. The molecule has 5 nitrogen and oxygen atoms in total. The normalized spacial score (nSPS) is 15.5. The molecule has 1 amide bonds. The lowest BCUT2D eigenvalue weighted by molar-refractivity contribution is -0.116. The number of amides is 1. The van der Waals surface area contributed by atoms with E-state index in [4.69, 9.17) is 0 Å². The number of aromatic nitrogens is 2. The van der Waals surface area contributed by atoms with E-state index in [1.165, 1.54) is 11.8 Å². The van der Waals surface area contributed by atoms with Crippen molar-refractivity contribution >= 4 is 34.3 Å². The Hall–Kier alpha value is -3.38. The van der Waals surface area contributed by atoms with Gasteiger partial charge in [0.05, 0.1) is 5.56 Å². The summed E-state index contributed by atoms with van der Waals surface area (Å²) in [6.45, 7) is 0. The molecule has 2 heterocycles. The molecule has 1 aliphatic heterocycles. The van der Waals surface area contributed by atoms with Gasteiger partial charge in [-0.15, -0.1) is 0 Å². The van der Waals surface area contributed by atoms with Crippen LogP contribution in [0.4, 0.5) is 5.82 Å². The van der Waals surface area contributed by atoms with Crippen molar-refractivity contribution in [1.82, 2.24) is 9.55 Å². The third kappa shape index (κ3) is 3.75. The van der Waals surface area contributed by atoms with Crippen LogP contribution in [0.15, 0.2) is 82.7 Å². The number of carbonyl (C=O) groups excluding carboxylic acids is 1. The molecule has 4 aromatic rings. The highest BCUT2D eigenvalue weighted by Gasteiger charge is 2.32. The Balaban J connectivity index is 1.55. The van der Waals surface area contributed by atoms with Crippen LogP contribution in [-0.2, 0) is 17.6 Å². The average molecular weight is 428 g/mol. The van der Waals surface area contributed by atoms with Gasteiger partial charge in [-0.25, -0.2) is 0 Å². The van der Waals surface area contributed by atoms with Crippen LogP contribution in [0.5, 0.6) is 0 Å². The van der Waals surface area contributed by atoms with Crippen molar-refractivity contribution in [2.75, 3.05) is 5.32 Å². The second-order valence-corrected chi connectivity index (χ2v) is 8.65. The average Bonchev–Trinajstić information content (AvgIpc) is 2.80. The summed E-state index contributed by atoms with van der Waals surface area (Å²) in [6, 6.07) is 24.2. The maximum atomic E-state index is 13.1. The molecule has 1 unspecified atom stereocenters. The second kappa shape index (κ2) is 8.04. The van der Waals surface area contributed by atoms with Gasteiger partial charge in [0, 0.05) is 25.1 Å². The first kappa shape index (κ1) is 19.6. The smallest absolute Gasteiger partial charge is 0.279 e. The Morgan fingerprint density at radius 1 is 1.00 bits per heavy atom. The van der Waals surface area contributed by atoms with Crippen molar-refractivity contribution in [3.05, 3.63) is 99.8 Å². The van der Waals surface area contributed by atoms with E-state index in [1.807, 2.05) is 72.3 Å². The van der Waals surface area contributed by atoms with Crippen LogP contribution >= 0.6 is 11.8 Å². The monoisotopic (exact) mass is 427 g/mol. The molecular formula is C25H21N3O2S. The van der Waals surface area contributed by atoms with Gasteiger partial charge in [0.1, 0.15) is 5.82 Å². The maximum Gasteiger partial charge on any atom is 0.279 e. The van der Waals surface area contributed by atoms with Gasteiger partial charge in [-0.05, 0) is 21.9 Å². The summed E-state index contributed by atoms with van der Waals surface area (Å²) in [5, 5.41) is 5.73. The van der Waals surface area contributed by atoms with Gasteiger partial charge in [0.25, 0.3) is 5.56 Å². The number of nitrogens with zero attached hydrogens (tertiary/aromatic N) is 2. The number of nitrogens with one attached hydrogen (secondary N) is 1. The van der Waals surface area contributed by atoms with Crippen LogP contribution in [-0.4, -0.2) is 15.5 Å². The third-order valence-electron chi connectivity index (χ3n) is 5.69. The molecule has 0 spiro atoms. The molecular weight excluding hydrogens is 406 g/mol. The predicted molar refractivity (Wildman–Crippen MR) is 125 cm³/mol. The fourth-order valence-corrected chi connectivity index (χ4v) is 5.02. The summed E-state index contributed by atoms with van der Waals surface area (Å²) < 4.78 is 1.83. The van der Waals surface area contributed by atoms with Gasteiger partial charge in [0.2, 0.25) is 5.91 Å². The lowest BCUT2D eigenvalue weighted by Crippen LogP contribution is -2.33. The van der Waals surface area contributed by atoms with Gasteiger partial charge in [-0.2, -0.15) is 4.98 Å². The lowest BCUT2D eigenvalue weighted by Gasteiger charge is -2.27. The first-order chi connectivity index (χ1) is 15.1. The highest BCUT2D eigenvalue weighted by molar-refractivity contribution is 7.98. The van der Waals surface area contributed by atoms with E-state index < -0.39 is 0 Å². The van der Waals surface area contributed by atoms with Crippen LogP contribution in [0.25, 0.3) is 10.8 Å². The van der Waals surface area contributed by atoms with Crippen LogP contribution in [0.2, 0.25) is 0 Å². The first-order valence-electron chi connectivity index (χ1n) is 10.2. The van der Waals surface area contributed by atoms with Crippen LogP contribution < -0.4 is 10.9 Å². The predicted octanol–water partition coefficient (Wildman–Crippen LogP) is 4.70. The summed E-state index contributed by atoms with van der Waals surface area (Å²) in [4.78, 5) is 30.1. The Bertz CT molecular complexity index is 1350. The topological polar surface area (TPSA) is 64.0 Å². The van der Waals surface area contributed by atoms with Gasteiger partial charge < -0.3 is 9.88 Å². The number of hydrogen-bond donors (Lipinski definition) is 1. The molecule has 0 fully saturated rings. The Labute approximate surface area is 184 Å². The minimum Gasteiger partial charge on any atom is -0.312 e. The van der Waals surface area contributed by atoms with Crippen LogP contribution in [0.3, 0.4) is 0 Å². The van der Waals surface area contributed by atoms with Crippen molar-refractivity contribution in [1.29, 1.82) is 0 Å². The molecule has 5 rings (SSSR count). The molecule has 1 aromatic heterocycles. The molecule has 0 saturated heterocycles. The first-order valence-corrected chi connectivity index (χ1v) is 11.1. The van der Waals surface area contributed by atoms with Gasteiger partial charge in [0.15, 0.2) is 5.16 Å². The van der Waals surface area contributed by atoms with Gasteiger partial charge in [-0.1, -0.05) is 84.6 Å². The van der Waals surface area contributed by atoms with E-state index in [0.717, 1.165) is 21.9 Å². The van der Waals surface area contributed by atoms with Crippen molar-refractivity contribution in [2.45, 2.75) is 23.2 Å². The van der Waals surface area contributed by atoms with E-state index >= 15 is 0 Å². The third-order valence-corrected chi connectivity index (χ3v) is 6.79. The minimum atomic E-state index is -0.312. The van der Waals surface area contributed by atoms with Crippen molar-refractivity contribution in [3.63, 3.8) is 0 Å². The molecule has 0 bridgehead atoms.